The Hall–Kier alpha value is -3.55. The van der Waals surface area contributed by atoms with Gasteiger partial charge in [0.15, 0.2) is 5.65 Å². The average Bonchev–Trinajstić information content (AvgIpc) is 3.18. The lowest BCUT2D eigenvalue weighted by atomic mass is 10.2. The Bertz CT molecular complexity index is 1050. The number of nitro groups is 1. The number of benzene rings is 1. The number of fused-ring (bicyclic) bond motifs is 1. The summed E-state index contributed by atoms with van der Waals surface area (Å²) in [5.74, 6) is -0.566. The van der Waals surface area contributed by atoms with Crippen molar-refractivity contribution in [3.05, 3.63) is 77.1 Å². The van der Waals surface area contributed by atoms with Gasteiger partial charge < -0.3 is 0 Å². The first-order valence-electron chi connectivity index (χ1n) is 7.05. The summed E-state index contributed by atoms with van der Waals surface area (Å²) in [6, 6.07) is 8.77. The Morgan fingerprint density at radius 1 is 1.17 bits per heavy atom. The molecule has 0 radical (unpaired) electrons. The van der Waals surface area contributed by atoms with Crippen molar-refractivity contribution in [3.8, 4) is 16.9 Å². The Morgan fingerprint density at radius 2 is 2.04 bits per heavy atom. The lowest BCUT2D eigenvalue weighted by molar-refractivity contribution is -0.384. The molecule has 0 fully saturated rings. The van der Waals surface area contributed by atoms with E-state index in [9.17, 15) is 14.5 Å². The first-order chi connectivity index (χ1) is 11.6. The quantitative estimate of drug-likeness (QED) is 0.428. The highest BCUT2D eigenvalue weighted by Crippen LogP contribution is 2.25. The molecule has 3 heterocycles. The molecule has 0 aliphatic heterocycles. The molecule has 3 aromatic heterocycles. The highest BCUT2D eigenvalue weighted by Gasteiger charge is 2.16. The molecule has 0 N–H and O–H groups in total. The predicted molar refractivity (Wildman–Crippen MR) is 84.4 cm³/mol. The van der Waals surface area contributed by atoms with Crippen molar-refractivity contribution in [2.75, 3.05) is 0 Å². The van der Waals surface area contributed by atoms with Crippen LogP contribution in [0.25, 0.3) is 22.6 Å². The molecule has 4 rings (SSSR count). The number of rotatable bonds is 3. The molecule has 0 aliphatic rings. The van der Waals surface area contributed by atoms with E-state index in [-0.39, 0.29) is 11.4 Å². The smallest absolute Gasteiger partial charge is 0.264 e. The standard InChI is InChI=1S/C16H10FN5O2/c17-13-4-3-12(22(23)24)8-14(13)20-7-5-16-19-10-15(21(16)20)11-2-1-6-18-9-11/h1-10H. The van der Waals surface area contributed by atoms with Crippen molar-refractivity contribution in [1.29, 1.82) is 0 Å². The number of non-ortho nitro benzene ring substituents is 1. The van der Waals surface area contributed by atoms with Crippen LogP contribution in [0.3, 0.4) is 0 Å². The first kappa shape index (κ1) is 14.1. The average molecular weight is 323 g/mol. The molecule has 0 aliphatic carbocycles. The molecule has 1 aromatic carbocycles. The Labute approximate surface area is 134 Å². The van der Waals surface area contributed by atoms with Crippen molar-refractivity contribution >= 4 is 11.3 Å². The third-order valence-electron chi connectivity index (χ3n) is 3.69. The molecule has 24 heavy (non-hydrogen) atoms. The second-order valence-corrected chi connectivity index (χ2v) is 5.11. The van der Waals surface area contributed by atoms with E-state index in [2.05, 4.69) is 9.97 Å². The number of nitro benzene ring substituents is 1. The van der Waals surface area contributed by atoms with E-state index in [1.54, 1.807) is 41.4 Å². The fraction of sp³-hybridized carbons (Fsp3) is 0. The van der Waals surface area contributed by atoms with Gasteiger partial charge in [-0.3, -0.25) is 19.8 Å². The van der Waals surface area contributed by atoms with Crippen LogP contribution in [0.1, 0.15) is 0 Å². The fourth-order valence-corrected chi connectivity index (χ4v) is 2.59. The van der Waals surface area contributed by atoms with Gasteiger partial charge in [0.25, 0.3) is 5.69 Å². The van der Waals surface area contributed by atoms with Crippen LogP contribution in [0.2, 0.25) is 0 Å². The minimum atomic E-state index is -0.566. The molecule has 0 saturated heterocycles. The topological polar surface area (TPSA) is 78.3 Å². The molecule has 0 bridgehead atoms. The molecule has 0 atom stereocenters. The SMILES string of the molecule is O=[N+]([O-])c1ccc(F)c(-n2ccc3ncc(-c4cccnc4)n32)c1. The number of pyridine rings is 1. The number of aromatic nitrogens is 4. The van der Waals surface area contributed by atoms with Crippen LogP contribution in [-0.2, 0) is 0 Å². The van der Waals surface area contributed by atoms with E-state index in [4.69, 9.17) is 0 Å². The van der Waals surface area contributed by atoms with Gasteiger partial charge in [0.05, 0.1) is 16.8 Å². The van der Waals surface area contributed by atoms with Crippen LogP contribution in [0.15, 0.2) is 61.2 Å². The highest BCUT2D eigenvalue weighted by atomic mass is 19.1. The summed E-state index contributed by atoms with van der Waals surface area (Å²) in [6.45, 7) is 0. The molecule has 0 unspecified atom stereocenters. The number of halogens is 1. The first-order valence-corrected chi connectivity index (χ1v) is 7.05. The Morgan fingerprint density at radius 3 is 2.79 bits per heavy atom. The van der Waals surface area contributed by atoms with Crippen LogP contribution in [0.4, 0.5) is 10.1 Å². The second-order valence-electron chi connectivity index (χ2n) is 5.11. The van der Waals surface area contributed by atoms with Crippen molar-refractivity contribution in [2.45, 2.75) is 0 Å². The van der Waals surface area contributed by atoms with Gasteiger partial charge in [-0.15, -0.1) is 0 Å². The number of imidazole rings is 1. The maximum absolute atomic E-state index is 14.3. The van der Waals surface area contributed by atoms with Crippen molar-refractivity contribution in [1.82, 2.24) is 19.2 Å². The summed E-state index contributed by atoms with van der Waals surface area (Å²) in [6.07, 6.45) is 6.59. The van der Waals surface area contributed by atoms with Crippen molar-refractivity contribution < 1.29 is 9.31 Å². The maximum atomic E-state index is 14.3. The number of hydrogen-bond acceptors (Lipinski definition) is 4. The molecule has 8 heteroatoms. The van der Waals surface area contributed by atoms with E-state index in [0.717, 1.165) is 17.7 Å². The van der Waals surface area contributed by atoms with Crippen LogP contribution >= 0.6 is 0 Å². The second kappa shape index (κ2) is 5.27. The van der Waals surface area contributed by atoms with E-state index >= 15 is 0 Å². The van der Waals surface area contributed by atoms with Gasteiger partial charge in [0.2, 0.25) is 0 Å². The molecular weight excluding hydrogens is 313 g/mol. The van der Waals surface area contributed by atoms with Gasteiger partial charge in [0, 0.05) is 42.4 Å². The molecule has 0 amide bonds. The van der Waals surface area contributed by atoms with Gasteiger partial charge in [-0.2, -0.15) is 0 Å². The Kier molecular flexibility index (Phi) is 3.09. The zero-order chi connectivity index (χ0) is 16.7. The molecule has 0 saturated carbocycles. The largest absolute Gasteiger partial charge is 0.271 e. The summed E-state index contributed by atoms with van der Waals surface area (Å²) in [5, 5.41) is 11.0. The van der Waals surface area contributed by atoms with Gasteiger partial charge >= 0.3 is 0 Å². The lowest BCUT2D eigenvalue weighted by Gasteiger charge is -2.09. The normalized spacial score (nSPS) is 11.0. The van der Waals surface area contributed by atoms with E-state index in [1.807, 2.05) is 6.07 Å². The molecule has 118 valence electrons. The third kappa shape index (κ3) is 2.12. The van der Waals surface area contributed by atoms with Gasteiger partial charge in [-0.1, -0.05) is 0 Å². The molecule has 4 aromatic rings. The predicted octanol–water partition coefficient (Wildman–Crippen LogP) is 3.23. The minimum Gasteiger partial charge on any atom is -0.264 e. The third-order valence-corrected chi connectivity index (χ3v) is 3.69. The number of nitrogens with zero attached hydrogens (tertiary/aromatic N) is 5. The van der Waals surface area contributed by atoms with Crippen LogP contribution in [0.5, 0.6) is 0 Å². The molecule has 7 nitrogen and oxygen atoms in total. The zero-order valence-corrected chi connectivity index (χ0v) is 12.2. The van der Waals surface area contributed by atoms with Gasteiger partial charge in [-0.25, -0.2) is 13.9 Å². The van der Waals surface area contributed by atoms with Gasteiger partial charge in [0.1, 0.15) is 11.5 Å². The minimum absolute atomic E-state index is 0.0716. The summed E-state index contributed by atoms with van der Waals surface area (Å²) >= 11 is 0. The highest BCUT2D eigenvalue weighted by molar-refractivity contribution is 5.63. The summed E-state index contributed by atoms with van der Waals surface area (Å²) in [7, 11) is 0. The van der Waals surface area contributed by atoms with E-state index < -0.39 is 10.7 Å². The van der Waals surface area contributed by atoms with E-state index in [0.29, 0.717) is 11.3 Å². The van der Waals surface area contributed by atoms with Gasteiger partial charge in [-0.05, 0) is 18.2 Å². The van der Waals surface area contributed by atoms with E-state index in [1.165, 1.54) is 10.7 Å². The summed E-state index contributed by atoms with van der Waals surface area (Å²) in [5.41, 5.74) is 1.99. The summed E-state index contributed by atoms with van der Waals surface area (Å²) < 4.78 is 17.4. The lowest BCUT2D eigenvalue weighted by Crippen LogP contribution is -2.06. The van der Waals surface area contributed by atoms with Crippen LogP contribution in [-0.4, -0.2) is 24.1 Å². The summed E-state index contributed by atoms with van der Waals surface area (Å²) in [4.78, 5) is 18.8. The van der Waals surface area contributed by atoms with Crippen molar-refractivity contribution in [3.63, 3.8) is 0 Å². The maximum Gasteiger partial charge on any atom is 0.271 e. The monoisotopic (exact) mass is 323 g/mol. The number of hydrogen-bond donors (Lipinski definition) is 0. The van der Waals surface area contributed by atoms with Crippen LogP contribution in [0, 0.1) is 15.9 Å². The zero-order valence-electron chi connectivity index (χ0n) is 12.2. The molecule has 0 spiro atoms. The Balaban J connectivity index is 1.97. The van der Waals surface area contributed by atoms with Crippen LogP contribution < -0.4 is 0 Å². The molecular formula is C16H10FN5O2. The van der Waals surface area contributed by atoms with Crippen molar-refractivity contribution in [2.24, 2.45) is 0 Å². The fourth-order valence-electron chi connectivity index (χ4n) is 2.59.